The van der Waals surface area contributed by atoms with Gasteiger partial charge < -0.3 is 11.1 Å². The van der Waals surface area contributed by atoms with E-state index in [0.717, 1.165) is 0 Å². The number of hydrogen-bond donors (Lipinski definition) is 2. The van der Waals surface area contributed by atoms with E-state index in [1.54, 1.807) is 0 Å². The summed E-state index contributed by atoms with van der Waals surface area (Å²) in [5.41, 5.74) is 3.63. The lowest BCUT2D eigenvalue weighted by Crippen LogP contribution is -2.30. The van der Waals surface area contributed by atoms with Crippen LogP contribution >= 0.6 is 0 Å². The van der Waals surface area contributed by atoms with E-state index in [0.29, 0.717) is 18.7 Å². The van der Waals surface area contributed by atoms with Crippen LogP contribution in [0.25, 0.3) is 0 Å². The van der Waals surface area contributed by atoms with E-state index in [1.165, 1.54) is 0 Å². The predicted octanol–water partition coefficient (Wildman–Crippen LogP) is 2.79. The van der Waals surface area contributed by atoms with Crippen LogP contribution in [0.3, 0.4) is 0 Å². The number of nitrogens with one attached hydrogen (secondary N) is 1. The molecular weight excluding hydrogens is 289 g/mol. The van der Waals surface area contributed by atoms with Gasteiger partial charge in [0.15, 0.2) is 0 Å². The Hall–Kier alpha value is -1.90. The van der Waals surface area contributed by atoms with Crippen LogP contribution < -0.4 is 11.1 Å². The lowest BCUT2D eigenvalue weighted by molar-refractivity contribution is -0.384. The highest BCUT2D eigenvalue weighted by molar-refractivity contribution is 5.61. The summed E-state index contributed by atoms with van der Waals surface area (Å²) in [6.45, 7) is 4.00. The highest BCUT2D eigenvalue weighted by Gasteiger charge is 2.34. The van der Waals surface area contributed by atoms with Crippen LogP contribution in [-0.4, -0.2) is 22.5 Å². The fourth-order valence-electron chi connectivity index (χ4n) is 1.87. The molecule has 1 rings (SSSR count). The molecule has 0 aromatic carbocycles. The van der Waals surface area contributed by atoms with E-state index >= 15 is 0 Å². The maximum Gasteiger partial charge on any atom is 0.433 e. The number of alkyl halides is 3. The van der Waals surface area contributed by atoms with E-state index in [4.69, 9.17) is 5.73 Å². The molecule has 118 valence electrons. The fraction of sp³-hybridized carbons (Fsp3) is 0.583. The quantitative estimate of drug-likeness (QED) is 0.622. The van der Waals surface area contributed by atoms with Gasteiger partial charge >= 0.3 is 11.9 Å². The van der Waals surface area contributed by atoms with Crippen molar-refractivity contribution in [3.05, 3.63) is 28.1 Å². The Balaban J connectivity index is 3.14. The maximum absolute atomic E-state index is 12.6. The van der Waals surface area contributed by atoms with Gasteiger partial charge in [-0.05, 0) is 18.4 Å². The molecule has 0 aliphatic rings. The molecule has 0 aliphatic heterocycles. The molecule has 1 aromatic heterocycles. The third kappa shape index (κ3) is 4.85. The van der Waals surface area contributed by atoms with E-state index in [1.807, 2.05) is 13.8 Å². The van der Waals surface area contributed by atoms with Gasteiger partial charge in [-0.15, -0.1) is 0 Å². The van der Waals surface area contributed by atoms with Crippen LogP contribution in [-0.2, 0) is 6.18 Å². The Kier molecular flexibility index (Phi) is 5.47. The van der Waals surface area contributed by atoms with Gasteiger partial charge in [0.05, 0.1) is 4.92 Å². The molecule has 9 heteroatoms. The smallest absolute Gasteiger partial charge is 0.375 e. The zero-order valence-corrected chi connectivity index (χ0v) is 11.6. The molecule has 0 bridgehead atoms. The van der Waals surface area contributed by atoms with E-state index < -0.39 is 22.5 Å². The van der Waals surface area contributed by atoms with Crippen LogP contribution in [0.1, 0.15) is 26.0 Å². The van der Waals surface area contributed by atoms with Gasteiger partial charge in [-0.1, -0.05) is 13.8 Å². The number of nitro groups is 1. The van der Waals surface area contributed by atoms with Crippen molar-refractivity contribution >= 4 is 11.4 Å². The molecule has 3 N–H and O–H groups in total. The number of nitrogens with two attached hydrogens (primary N) is 1. The second kappa shape index (κ2) is 6.70. The molecule has 6 nitrogen and oxygen atoms in total. The predicted molar refractivity (Wildman–Crippen MR) is 71.8 cm³/mol. The molecule has 1 heterocycles. The van der Waals surface area contributed by atoms with Crippen LogP contribution in [0.5, 0.6) is 0 Å². The molecule has 1 aromatic rings. The van der Waals surface area contributed by atoms with Gasteiger partial charge in [0, 0.05) is 12.6 Å². The second-order valence-corrected chi connectivity index (χ2v) is 5.05. The molecule has 1 atom stereocenters. The van der Waals surface area contributed by atoms with Crippen molar-refractivity contribution in [2.24, 2.45) is 11.7 Å². The summed E-state index contributed by atoms with van der Waals surface area (Å²) in [5.74, 6) is 0.244. The van der Waals surface area contributed by atoms with Crippen molar-refractivity contribution in [2.75, 3.05) is 11.9 Å². The van der Waals surface area contributed by atoms with Crippen molar-refractivity contribution in [2.45, 2.75) is 32.5 Å². The molecule has 0 radical (unpaired) electrons. The standard InChI is InChI=1S/C12H17F3N4O2/c1-7(2)3-8(5-16)18-9-4-11(12(13,14)15)17-6-10(9)19(20)21/h4,6-8H,3,5,16H2,1-2H3,(H,17,18). The summed E-state index contributed by atoms with van der Waals surface area (Å²) in [5, 5.41) is 13.6. The maximum atomic E-state index is 12.6. The molecule has 0 saturated heterocycles. The second-order valence-electron chi connectivity index (χ2n) is 5.05. The number of halogens is 3. The highest BCUT2D eigenvalue weighted by atomic mass is 19.4. The van der Waals surface area contributed by atoms with Gasteiger partial charge in [0.25, 0.3) is 0 Å². The monoisotopic (exact) mass is 306 g/mol. The minimum absolute atomic E-state index is 0.152. The summed E-state index contributed by atoms with van der Waals surface area (Å²) in [7, 11) is 0. The summed E-state index contributed by atoms with van der Waals surface area (Å²) < 4.78 is 37.9. The molecule has 0 amide bonds. The number of pyridine rings is 1. The zero-order valence-electron chi connectivity index (χ0n) is 11.6. The molecule has 21 heavy (non-hydrogen) atoms. The van der Waals surface area contributed by atoms with E-state index in [9.17, 15) is 23.3 Å². The lowest BCUT2D eigenvalue weighted by Gasteiger charge is -2.20. The molecule has 0 spiro atoms. The first kappa shape index (κ1) is 17.2. The zero-order chi connectivity index (χ0) is 16.2. The van der Waals surface area contributed by atoms with Crippen LogP contribution in [0.4, 0.5) is 24.5 Å². The van der Waals surface area contributed by atoms with E-state index in [-0.39, 0.29) is 24.2 Å². The Morgan fingerprint density at radius 1 is 1.48 bits per heavy atom. The van der Waals surface area contributed by atoms with Crippen LogP contribution in [0.15, 0.2) is 12.3 Å². The molecule has 0 saturated carbocycles. The number of aromatic nitrogens is 1. The lowest BCUT2D eigenvalue weighted by atomic mass is 10.0. The van der Waals surface area contributed by atoms with Gasteiger partial charge in [-0.25, -0.2) is 4.98 Å². The Morgan fingerprint density at radius 3 is 2.52 bits per heavy atom. The minimum atomic E-state index is -4.66. The van der Waals surface area contributed by atoms with Gasteiger partial charge in [-0.3, -0.25) is 10.1 Å². The van der Waals surface area contributed by atoms with Gasteiger partial charge in [-0.2, -0.15) is 13.2 Å². The van der Waals surface area contributed by atoms with Gasteiger partial charge in [0.2, 0.25) is 0 Å². The first-order valence-corrected chi connectivity index (χ1v) is 6.33. The van der Waals surface area contributed by atoms with Crippen molar-refractivity contribution in [1.82, 2.24) is 4.98 Å². The van der Waals surface area contributed by atoms with Crippen LogP contribution in [0.2, 0.25) is 0 Å². The molecular formula is C12H17F3N4O2. The Labute approximate surface area is 119 Å². The molecule has 0 aliphatic carbocycles. The average molecular weight is 306 g/mol. The Bertz CT molecular complexity index is 506. The fourth-order valence-corrected chi connectivity index (χ4v) is 1.87. The van der Waals surface area contributed by atoms with Gasteiger partial charge in [0.1, 0.15) is 17.6 Å². The first-order chi connectivity index (χ1) is 9.65. The third-order valence-corrected chi connectivity index (χ3v) is 2.77. The van der Waals surface area contributed by atoms with Crippen molar-refractivity contribution in [3.8, 4) is 0 Å². The summed E-state index contributed by atoms with van der Waals surface area (Å²) in [6.07, 6.45) is -3.48. The van der Waals surface area contributed by atoms with Crippen molar-refractivity contribution < 1.29 is 18.1 Å². The largest absolute Gasteiger partial charge is 0.433 e. The van der Waals surface area contributed by atoms with Crippen molar-refractivity contribution in [1.29, 1.82) is 0 Å². The average Bonchev–Trinajstić information content (AvgIpc) is 2.35. The minimum Gasteiger partial charge on any atom is -0.375 e. The summed E-state index contributed by atoms with van der Waals surface area (Å²) in [6, 6.07) is 0.286. The van der Waals surface area contributed by atoms with Crippen LogP contribution in [0, 0.1) is 16.0 Å². The number of nitrogens with zero attached hydrogens (tertiary/aromatic N) is 2. The molecule has 1 unspecified atom stereocenters. The highest BCUT2D eigenvalue weighted by Crippen LogP contribution is 2.33. The van der Waals surface area contributed by atoms with Crippen molar-refractivity contribution in [3.63, 3.8) is 0 Å². The summed E-state index contributed by atoms with van der Waals surface area (Å²) >= 11 is 0. The summed E-state index contributed by atoms with van der Waals surface area (Å²) in [4.78, 5) is 13.2. The topological polar surface area (TPSA) is 94.1 Å². The Morgan fingerprint density at radius 2 is 2.10 bits per heavy atom. The normalized spacial score (nSPS) is 13.3. The van der Waals surface area contributed by atoms with E-state index in [2.05, 4.69) is 10.3 Å². The number of hydrogen-bond acceptors (Lipinski definition) is 5. The molecule has 0 fully saturated rings. The SMILES string of the molecule is CC(C)CC(CN)Nc1cc(C(F)(F)F)ncc1[N+](=O)[O-]. The number of rotatable bonds is 6. The third-order valence-electron chi connectivity index (χ3n) is 2.77. The first-order valence-electron chi connectivity index (χ1n) is 6.33. The number of anilines is 1.